The first kappa shape index (κ1) is 14.6. The number of rotatable bonds is 4. The lowest BCUT2D eigenvalue weighted by Gasteiger charge is -2.11. The summed E-state index contributed by atoms with van der Waals surface area (Å²) in [6.45, 7) is 4.00. The van der Waals surface area contributed by atoms with Gasteiger partial charge >= 0.3 is 0 Å². The molecule has 0 radical (unpaired) electrons. The Kier molecular flexibility index (Phi) is 3.86. The molecule has 4 nitrogen and oxygen atoms in total. The zero-order chi connectivity index (χ0) is 15.7. The van der Waals surface area contributed by atoms with Crippen molar-refractivity contribution in [2.45, 2.75) is 26.4 Å². The van der Waals surface area contributed by atoms with Crippen LogP contribution in [0.5, 0.6) is 5.75 Å². The van der Waals surface area contributed by atoms with Gasteiger partial charge in [-0.15, -0.1) is 0 Å². The van der Waals surface area contributed by atoms with Crippen molar-refractivity contribution in [2.75, 3.05) is 7.11 Å². The van der Waals surface area contributed by atoms with Crippen LogP contribution in [0.3, 0.4) is 0 Å². The first-order chi connectivity index (χ1) is 10.6. The third-order valence-electron chi connectivity index (χ3n) is 3.86. The molecule has 22 heavy (non-hydrogen) atoms. The fourth-order valence-corrected chi connectivity index (χ4v) is 2.66. The maximum absolute atomic E-state index is 10.5. The topological polar surface area (TPSA) is 46.8 Å². The van der Waals surface area contributed by atoms with Gasteiger partial charge in [-0.05, 0) is 43.2 Å². The number of hydrogen-bond acceptors (Lipinski definition) is 3. The predicted octanol–water partition coefficient (Wildman–Crippen LogP) is 3.76. The highest BCUT2D eigenvalue weighted by Crippen LogP contribution is 2.32. The Labute approximate surface area is 130 Å². The van der Waals surface area contributed by atoms with Crippen molar-refractivity contribution in [3.8, 4) is 17.0 Å². The summed E-state index contributed by atoms with van der Waals surface area (Å²) in [4.78, 5) is 4.74. The van der Waals surface area contributed by atoms with Gasteiger partial charge in [0.2, 0.25) is 0 Å². The monoisotopic (exact) mass is 296 g/mol. The van der Waals surface area contributed by atoms with E-state index in [0.29, 0.717) is 6.42 Å². The van der Waals surface area contributed by atoms with Crippen LogP contribution in [-0.2, 0) is 0 Å². The van der Waals surface area contributed by atoms with E-state index in [1.54, 1.807) is 7.11 Å². The molecule has 0 amide bonds. The number of aliphatic hydroxyl groups is 1. The molecule has 114 valence electrons. The van der Waals surface area contributed by atoms with Gasteiger partial charge in [0.15, 0.2) is 0 Å². The third kappa shape index (κ3) is 2.46. The highest BCUT2D eigenvalue weighted by Gasteiger charge is 2.20. The molecule has 0 saturated carbocycles. The van der Waals surface area contributed by atoms with Gasteiger partial charge in [-0.25, -0.2) is 4.98 Å². The predicted molar refractivity (Wildman–Crippen MR) is 87.2 cm³/mol. The minimum Gasteiger partial charge on any atom is -0.497 e. The average molecular weight is 296 g/mol. The molecular weight excluding hydrogens is 276 g/mol. The third-order valence-corrected chi connectivity index (χ3v) is 3.86. The number of fused-ring (bicyclic) bond motifs is 1. The number of methoxy groups -OCH3 is 1. The van der Waals surface area contributed by atoms with Crippen molar-refractivity contribution in [3.05, 3.63) is 53.9 Å². The van der Waals surface area contributed by atoms with E-state index in [4.69, 9.17) is 9.72 Å². The van der Waals surface area contributed by atoms with Gasteiger partial charge in [0.1, 0.15) is 11.4 Å². The van der Waals surface area contributed by atoms with Crippen molar-refractivity contribution >= 4 is 5.65 Å². The molecule has 0 bridgehead atoms. The summed E-state index contributed by atoms with van der Waals surface area (Å²) in [5.41, 5.74) is 4.57. The minimum atomic E-state index is -0.557. The maximum Gasteiger partial charge on any atom is 0.138 e. The summed E-state index contributed by atoms with van der Waals surface area (Å²) in [5, 5.41) is 10.5. The Bertz CT molecular complexity index is 808. The molecule has 0 aliphatic rings. The quantitative estimate of drug-likeness (QED) is 0.797. The van der Waals surface area contributed by atoms with Crippen LogP contribution in [0.4, 0.5) is 0 Å². The van der Waals surface area contributed by atoms with Crippen LogP contribution >= 0.6 is 0 Å². The Morgan fingerprint density at radius 2 is 2.09 bits per heavy atom. The van der Waals surface area contributed by atoms with Crippen LogP contribution in [-0.4, -0.2) is 21.6 Å². The van der Waals surface area contributed by atoms with Gasteiger partial charge in [-0.2, -0.15) is 0 Å². The van der Waals surface area contributed by atoms with Gasteiger partial charge in [0, 0.05) is 11.8 Å². The maximum atomic E-state index is 10.5. The van der Waals surface area contributed by atoms with Crippen LogP contribution in [0, 0.1) is 6.92 Å². The van der Waals surface area contributed by atoms with E-state index in [1.165, 1.54) is 0 Å². The second-order valence-electron chi connectivity index (χ2n) is 5.43. The minimum absolute atomic E-state index is 0.557. The smallest absolute Gasteiger partial charge is 0.138 e. The Balaban J connectivity index is 2.27. The summed E-state index contributed by atoms with van der Waals surface area (Å²) in [6.07, 6.45) is 2.05. The molecular formula is C18H20N2O2. The van der Waals surface area contributed by atoms with Crippen LogP contribution in [0.2, 0.25) is 0 Å². The number of benzene rings is 1. The second-order valence-corrected chi connectivity index (χ2v) is 5.43. The molecule has 2 aromatic heterocycles. The summed E-state index contributed by atoms with van der Waals surface area (Å²) in [7, 11) is 1.65. The lowest BCUT2D eigenvalue weighted by Crippen LogP contribution is -2.02. The van der Waals surface area contributed by atoms with Crippen LogP contribution in [0.1, 0.15) is 30.7 Å². The molecule has 0 saturated heterocycles. The number of ether oxygens (including phenoxy) is 1. The van der Waals surface area contributed by atoms with Crippen molar-refractivity contribution in [1.82, 2.24) is 9.38 Å². The van der Waals surface area contributed by atoms with E-state index in [0.717, 1.165) is 33.9 Å². The van der Waals surface area contributed by atoms with Crippen molar-refractivity contribution in [3.63, 3.8) is 0 Å². The number of aliphatic hydroxyl groups excluding tert-OH is 1. The normalized spacial score (nSPS) is 12.5. The molecule has 3 rings (SSSR count). The average Bonchev–Trinajstić information content (AvgIpc) is 2.92. The first-order valence-corrected chi connectivity index (χ1v) is 7.45. The van der Waals surface area contributed by atoms with E-state index >= 15 is 0 Å². The van der Waals surface area contributed by atoms with Gasteiger partial charge in [0.25, 0.3) is 0 Å². The molecule has 1 unspecified atom stereocenters. The van der Waals surface area contributed by atoms with E-state index in [9.17, 15) is 5.11 Å². The lowest BCUT2D eigenvalue weighted by atomic mass is 10.1. The summed E-state index contributed by atoms with van der Waals surface area (Å²) in [6, 6.07) is 11.8. The lowest BCUT2D eigenvalue weighted by molar-refractivity contribution is 0.168. The van der Waals surface area contributed by atoms with Crippen LogP contribution < -0.4 is 4.74 Å². The summed E-state index contributed by atoms with van der Waals surface area (Å²) >= 11 is 0. The molecule has 3 aromatic rings. The Morgan fingerprint density at radius 1 is 1.27 bits per heavy atom. The molecule has 0 spiro atoms. The van der Waals surface area contributed by atoms with E-state index in [1.807, 2.05) is 60.8 Å². The van der Waals surface area contributed by atoms with E-state index in [-0.39, 0.29) is 0 Å². The molecule has 1 atom stereocenters. The number of pyridine rings is 1. The number of nitrogens with zero attached hydrogens (tertiary/aromatic N) is 2. The zero-order valence-corrected chi connectivity index (χ0v) is 13.1. The highest BCUT2D eigenvalue weighted by molar-refractivity contribution is 5.68. The largest absolute Gasteiger partial charge is 0.497 e. The molecule has 1 aromatic carbocycles. The molecule has 0 aliphatic heterocycles. The summed E-state index contributed by atoms with van der Waals surface area (Å²) in [5.74, 6) is 0.780. The molecule has 1 N–H and O–H groups in total. The number of hydrogen-bond donors (Lipinski definition) is 1. The second kappa shape index (κ2) is 5.81. The fourth-order valence-electron chi connectivity index (χ4n) is 2.66. The number of aryl methyl sites for hydroxylation is 1. The highest BCUT2D eigenvalue weighted by atomic mass is 16.5. The van der Waals surface area contributed by atoms with Gasteiger partial charge in [0.05, 0.1) is 24.6 Å². The van der Waals surface area contributed by atoms with Gasteiger partial charge < -0.3 is 14.2 Å². The van der Waals surface area contributed by atoms with Crippen molar-refractivity contribution in [1.29, 1.82) is 0 Å². The zero-order valence-electron chi connectivity index (χ0n) is 13.1. The molecule has 0 aliphatic carbocycles. The van der Waals surface area contributed by atoms with Crippen molar-refractivity contribution < 1.29 is 9.84 Å². The van der Waals surface area contributed by atoms with Gasteiger partial charge in [-0.3, -0.25) is 0 Å². The van der Waals surface area contributed by atoms with E-state index in [2.05, 4.69) is 0 Å². The SMILES string of the molecule is CCC(O)c1c(-c2cccc(OC)c2)nc2cc(C)ccn12. The Hall–Kier alpha value is -2.33. The number of imidazole rings is 1. The van der Waals surface area contributed by atoms with Crippen molar-refractivity contribution in [2.24, 2.45) is 0 Å². The van der Waals surface area contributed by atoms with E-state index < -0.39 is 6.10 Å². The number of aromatic nitrogens is 2. The Morgan fingerprint density at radius 3 is 2.82 bits per heavy atom. The molecule has 0 fully saturated rings. The van der Waals surface area contributed by atoms with Crippen LogP contribution in [0.15, 0.2) is 42.6 Å². The molecule has 4 heteroatoms. The fraction of sp³-hybridized carbons (Fsp3) is 0.278. The standard InChI is InChI=1S/C18H20N2O2/c1-4-15(21)18-17(13-6-5-7-14(11-13)22-3)19-16-10-12(2)8-9-20(16)18/h5-11,15,21H,4H2,1-3H3. The van der Waals surface area contributed by atoms with Gasteiger partial charge in [-0.1, -0.05) is 19.1 Å². The van der Waals surface area contributed by atoms with Crippen LogP contribution in [0.25, 0.3) is 16.9 Å². The first-order valence-electron chi connectivity index (χ1n) is 7.45. The molecule has 2 heterocycles. The summed E-state index contributed by atoms with van der Waals surface area (Å²) < 4.78 is 7.27.